The quantitative estimate of drug-likeness (QED) is 0.500. The molecule has 0 aliphatic heterocycles. The van der Waals surface area contributed by atoms with E-state index in [0.717, 1.165) is 11.8 Å². The summed E-state index contributed by atoms with van der Waals surface area (Å²) in [6, 6.07) is 0. The van der Waals surface area contributed by atoms with E-state index >= 15 is 0 Å². The van der Waals surface area contributed by atoms with Crippen molar-refractivity contribution in [1.82, 2.24) is 0 Å². The van der Waals surface area contributed by atoms with Crippen LogP contribution in [0.5, 0.6) is 0 Å². The summed E-state index contributed by atoms with van der Waals surface area (Å²) in [5.74, 6) is 0.537. The van der Waals surface area contributed by atoms with Crippen molar-refractivity contribution in [1.29, 1.82) is 0 Å². The number of hydrogen-bond donors (Lipinski definition) is 2. The summed E-state index contributed by atoms with van der Waals surface area (Å²) in [5.41, 5.74) is 0. The second-order valence-corrected chi connectivity index (χ2v) is 1.52. The molecule has 2 N–H and O–H groups in total. The predicted molar refractivity (Wildman–Crippen MR) is 27.5 cm³/mol. The summed E-state index contributed by atoms with van der Waals surface area (Å²) in [5, 5.41) is 15.8. The molecular weight excluding hydrogens is 165 g/mol. The zero-order chi connectivity index (χ0) is 9.07. The maximum Gasteiger partial charge on any atom is 0.425 e. The van der Waals surface area contributed by atoms with Crippen LogP contribution in [0.2, 0.25) is 0 Å². The van der Waals surface area contributed by atoms with Crippen molar-refractivity contribution in [3.63, 3.8) is 0 Å². The SMILES string of the molecule is O=C(O)C#CC(O)C(F)(F)F. The van der Waals surface area contributed by atoms with E-state index in [1.165, 1.54) is 0 Å². The first-order valence-electron chi connectivity index (χ1n) is 2.33. The van der Waals surface area contributed by atoms with Crippen LogP contribution in [0.4, 0.5) is 13.2 Å². The van der Waals surface area contributed by atoms with Gasteiger partial charge in [0.2, 0.25) is 6.10 Å². The first kappa shape index (κ1) is 9.78. The molecule has 0 bridgehead atoms. The smallest absolute Gasteiger partial charge is 0.425 e. The zero-order valence-electron chi connectivity index (χ0n) is 5.01. The van der Waals surface area contributed by atoms with Gasteiger partial charge in [-0.1, -0.05) is 0 Å². The van der Waals surface area contributed by atoms with Gasteiger partial charge in [-0.3, -0.25) is 0 Å². The Morgan fingerprint density at radius 1 is 1.45 bits per heavy atom. The van der Waals surface area contributed by atoms with Crippen molar-refractivity contribution in [2.24, 2.45) is 0 Å². The van der Waals surface area contributed by atoms with E-state index in [9.17, 15) is 18.0 Å². The van der Waals surface area contributed by atoms with E-state index < -0.39 is 18.2 Å². The molecule has 0 aromatic rings. The van der Waals surface area contributed by atoms with Crippen LogP contribution < -0.4 is 0 Å². The second kappa shape index (κ2) is 3.25. The van der Waals surface area contributed by atoms with Crippen molar-refractivity contribution in [3.05, 3.63) is 0 Å². The van der Waals surface area contributed by atoms with Crippen LogP contribution >= 0.6 is 0 Å². The molecule has 0 spiro atoms. The van der Waals surface area contributed by atoms with Gasteiger partial charge >= 0.3 is 12.1 Å². The molecule has 6 heteroatoms. The molecule has 0 saturated heterocycles. The van der Waals surface area contributed by atoms with Gasteiger partial charge in [0.15, 0.2) is 0 Å². The Bertz CT molecular complexity index is 209. The fraction of sp³-hybridized carbons (Fsp3) is 0.400. The standard InChI is InChI=1S/C5H3F3O3/c6-5(7,8)3(9)1-2-4(10)11/h3,9H,(H,10,11). The molecule has 1 atom stereocenters. The summed E-state index contributed by atoms with van der Waals surface area (Å²) in [6.07, 6.45) is -7.78. The highest BCUT2D eigenvalue weighted by molar-refractivity contribution is 5.86. The third kappa shape index (κ3) is 4.22. The zero-order valence-corrected chi connectivity index (χ0v) is 5.01. The summed E-state index contributed by atoms with van der Waals surface area (Å²) < 4.78 is 34.1. The highest BCUT2D eigenvalue weighted by Gasteiger charge is 2.37. The van der Waals surface area contributed by atoms with Crippen LogP contribution in [-0.4, -0.2) is 28.5 Å². The summed E-state index contributed by atoms with van der Waals surface area (Å²) >= 11 is 0. The van der Waals surface area contributed by atoms with E-state index in [1.54, 1.807) is 0 Å². The minimum Gasteiger partial charge on any atom is -0.472 e. The Kier molecular flexibility index (Phi) is 2.89. The Hall–Kier alpha value is -1.22. The average molecular weight is 168 g/mol. The fourth-order valence-electron chi connectivity index (χ4n) is 0.212. The topological polar surface area (TPSA) is 57.5 Å². The Labute approximate surface area is 59.4 Å². The Balaban J connectivity index is 4.22. The number of aliphatic carboxylic acids is 1. The van der Waals surface area contributed by atoms with Crippen LogP contribution in [0.15, 0.2) is 0 Å². The molecule has 0 saturated carbocycles. The molecular formula is C5H3F3O3. The normalized spacial score (nSPS) is 13.1. The van der Waals surface area contributed by atoms with Crippen LogP contribution in [0.3, 0.4) is 0 Å². The molecule has 0 rings (SSSR count). The lowest BCUT2D eigenvalue weighted by Crippen LogP contribution is -2.26. The number of aliphatic hydroxyl groups is 1. The van der Waals surface area contributed by atoms with Gasteiger partial charge in [0, 0.05) is 5.92 Å². The molecule has 0 aliphatic rings. The van der Waals surface area contributed by atoms with Crippen LogP contribution in [0.25, 0.3) is 0 Å². The van der Waals surface area contributed by atoms with E-state index in [4.69, 9.17) is 10.2 Å². The maximum atomic E-state index is 11.4. The van der Waals surface area contributed by atoms with Gasteiger partial charge in [0.25, 0.3) is 0 Å². The number of halogens is 3. The molecule has 0 fully saturated rings. The average Bonchev–Trinajstić information content (AvgIpc) is 1.80. The molecule has 0 heterocycles. The lowest BCUT2D eigenvalue weighted by molar-refractivity contribution is -0.184. The number of rotatable bonds is 0. The number of hydrogen-bond acceptors (Lipinski definition) is 2. The number of carboxylic acids is 1. The molecule has 0 aromatic carbocycles. The number of aliphatic hydroxyl groups excluding tert-OH is 1. The van der Waals surface area contributed by atoms with Crippen LogP contribution in [0.1, 0.15) is 0 Å². The highest BCUT2D eigenvalue weighted by atomic mass is 19.4. The van der Waals surface area contributed by atoms with E-state index in [2.05, 4.69) is 0 Å². The molecule has 0 radical (unpaired) electrons. The minimum absolute atomic E-state index is 1.10. The maximum absolute atomic E-state index is 11.4. The largest absolute Gasteiger partial charge is 0.472 e. The molecule has 3 nitrogen and oxygen atoms in total. The van der Waals surface area contributed by atoms with Crippen molar-refractivity contribution in [2.75, 3.05) is 0 Å². The third-order valence-corrected chi connectivity index (χ3v) is 0.626. The second-order valence-electron chi connectivity index (χ2n) is 1.52. The Morgan fingerprint density at radius 2 is 1.91 bits per heavy atom. The number of carboxylic acid groups (broad SMARTS) is 1. The van der Waals surface area contributed by atoms with Crippen molar-refractivity contribution >= 4 is 5.97 Å². The van der Waals surface area contributed by atoms with Gasteiger partial charge in [-0.15, -0.1) is 0 Å². The molecule has 1 unspecified atom stereocenters. The van der Waals surface area contributed by atoms with E-state index in [1.807, 2.05) is 0 Å². The van der Waals surface area contributed by atoms with Gasteiger partial charge in [0.1, 0.15) is 0 Å². The van der Waals surface area contributed by atoms with Crippen LogP contribution in [0, 0.1) is 11.8 Å². The van der Waals surface area contributed by atoms with Gasteiger partial charge in [-0.05, 0) is 5.92 Å². The van der Waals surface area contributed by atoms with E-state index in [0.29, 0.717) is 0 Å². The Morgan fingerprint density at radius 3 is 2.18 bits per heavy atom. The van der Waals surface area contributed by atoms with E-state index in [-0.39, 0.29) is 0 Å². The first-order chi connectivity index (χ1) is 4.84. The number of alkyl halides is 3. The van der Waals surface area contributed by atoms with Crippen LogP contribution in [-0.2, 0) is 4.79 Å². The van der Waals surface area contributed by atoms with Crippen molar-refractivity contribution in [3.8, 4) is 11.8 Å². The molecule has 0 aliphatic carbocycles. The molecule has 0 aromatic heterocycles. The monoisotopic (exact) mass is 168 g/mol. The minimum atomic E-state index is -4.89. The van der Waals surface area contributed by atoms with Gasteiger partial charge in [-0.25, -0.2) is 4.79 Å². The first-order valence-corrected chi connectivity index (χ1v) is 2.33. The fourth-order valence-corrected chi connectivity index (χ4v) is 0.212. The molecule has 11 heavy (non-hydrogen) atoms. The highest BCUT2D eigenvalue weighted by Crippen LogP contribution is 2.18. The lowest BCUT2D eigenvalue weighted by Gasteiger charge is -2.06. The molecule has 0 amide bonds. The van der Waals surface area contributed by atoms with Crippen molar-refractivity contribution in [2.45, 2.75) is 12.3 Å². The third-order valence-electron chi connectivity index (χ3n) is 0.626. The van der Waals surface area contributed by atoms with Gasteiger partial charge in [-0.2, -0.15) is 13.2 Å². The summed E-state index contributed by atoms with van der Waals surface area (Å²) in [4.78, 5) is 9.58. The number of carbonyl (C=O) groups is 1. The van der Waals surface area contributed by atoms with Gasteiger partial charge in [0.05, 0.1) is 0 Å². The van der Waals surface area contributed by atoms with Gasteiger partial charge < -0.3 is 10.2 Å². The predicted octanol–water partition coefficient (Wildman–Crippen LogP) is -0.00240. The van der Waals surface area contributed by atoms with Crippen molar-refractivity contribution < 1.29 is 28.2 Å². The summed E-state index contributed by atoms with van der Waals surface area (Å²) in [6.45, 7) is 0. The molecule has 62 valence electrons. The lowest BCUT2D eigenvalue weighted by atomic mass is 10.3. The summed E-state index contributed by atoms with van der Waals surface area (Å²) in [7, 11) is 0.